The van der Waals surface area contributed by atoms with E-state index in [0.29, 0.717) is 24.1 Å². The number of carbonyl (C=O) groups excluding carboxylic acids is 1. The van der Waals surface area contributed by atoms with E-state index >= 15 is 0 Å². The van der Waals surface area contributed by atoms with Crippen LogP contribution in [-0.4, -0.2) is 20.6 Å². The normalized spacial score (nSPS) is 21.9. The van der Waals surface area contributed by atoms with E-state index in [1.165, 1.54) is 12.1 Å². The van der Waals surface area contributed by atoms with Crippen molar-refractivity contribution in [1.29, 1.82) is 0 Å². The molecule has 2 aromatic carbocycles. The monoisotopic (exact) mass is 454 g/mol. The zero-order chi connectivity index (χ0) is 23.0. The first-order valence-corrected chi connectivity index (χ1v) is 11.8. The van der Waals surface area contributed by atoms with Crippen LogP contribution >= 0.6 is 0 Å². The van der Waals surface area contributed by atoms with Crippen LogP contribution in [0.25, 0.3) is 0 Å². The van der Waals surface area contributed by atoms with E-state index in [1.807, 2.05) is 13.8 Å². The maximum atomic E-state index is 12.8. The molecule has 3 atom stereocenters. The number of carbonyl (C=O) groups is 1. The van der Waals surface area contributed by atoms with E-state index in [-0.39, 0.29) is 17.9 Å². The van der Waals surface area contributed by atoms with Crippen LogP contribution in [0.1, 0.15) is 49.4 Å². The van der Waals surface area contributed by atoms with E-state index in [9.17, 15) is 26.4 Å². The number of rotatable bonds is 7. The van der Waals surface area contributed by atoms with Gasteiger partial charge < -0.3 is 5.32 Å². The summed E-state index contributed by atoms with van der Waals surface area (Å²) in [6, 6.07) is 11.5. The molecule has 0 aromatic heterocycles. The molecule has 1 aliphatic rings. The van der Waals surface area contributed by atoms with Crippen molar-refractivity contribution < 1.29 is 26.4 Å². The van der Waals surface area contributed by atoms with Crippen molar-refractivity contribution in [2.24, 2.45) is 5.92 Å². The van der Waals surface area contributed by atoms with Crippen LogP contribution in [0.4, 0.5) is 18.9 Å². The zero-order valence-electron chi connectivity index (χ0n) is 17.5. The van der Waals surface area contributed by atoms with Gasteiger partial charge in [0.2, 0.25) is 15.9 Å². The van der Waals surface area contributed by atoms with Crippen LogP contribution in [0.2, 0.25) is 0 Å². The maximum Gasteiger partial charge on any atom is 0.416 e. The van der Waals surface area contributed by atoms with Crippen LogP contribution < -0.4 is 10.0 Å². The van der Waals surface area contributed by atoms with E-state index in [1.54, 1.807) is 24.3 Å². The molecule has 1 unspecified atom stereocenters. The van der Waals surface area contributed by atoms with E-state index in [0.717, 1.165) is 24.0 Å². The Hall–Kier alpha value is -2.55. The molecule has 1 aliphatic carbocycles. The van der Waals surface area contributed by atoms with Gasteiger partial charge in [0.15, 0.2) is 0 Å². The highest BCUT2D eigenvalue weighted by Gasteiger charge is 2.55. The Kier molecular flexibility index (Phi) is 6.10. The Morgan fingerprint density at radius 2 is 1.71 bits per heavy atom. The van der Waals surface area contributed by atoms with Gasteiger partial charge in [0.25, 0.3) is 0 Å². The van der Waals surface area contributed by atoms with Gasteiger partial charge in [0.05, 0.1) is 17.9 Å². The van der Waals surface area contributed by atoms with Crippen molar-refractivity contribution in [1.82, 2.24) is 5.32 Å². The summed E-state index contributed by atoms with van der Waals surface area (Å²) in [6.45, 7) is 3.81. The average Bonchev–Trinajstić information content (AvgIpc) is 3.38. The Balaban J connectivity index is 1.66. The van der Waals surface area contributed by atoms with Gasteiger partial charge in [-0.05, 0) is 48.2 Å². The van der Waals surface area contributed by atoms with Crippen LogP contribution in [-0.2, 0) is 26.4 Å². The fourth-order valence-corrected chi connectivity index (χ4v) is 4.36. The molecule has 1 fully saturated rings. The topological polar surface area (TPSA) is 75.3 Å². The van der Waals surface area contributed by atoms with Crippen LogP contribution in [0.3, 0.4) is 0 Å². The highest BCUT2D eigenvalue weighted by molar-refractivity contribution is 7.92. The SMILES string of the molecule is CCC(NC(=O)[C@@H]1C[C@]1(C)c1ccc(C(F)(F)F)cc1)c1ccc(NS(C)(=O)=O)cc1. The number of amides is 1. The number of halogens is 3. The molecule has 0 radical (unpaired) electrons. The lowest BCUT2D eigenvalue weighted by molar-refractivity contribution is -0.137. The molecule has 5 nitrogen and oxygen atoms in total. The molecule has 0 heterocycles. The minimum absolute atomic E-state index is 0.146. The van der Waals surface area contributed by atoms with Gasteiger partial charge in [0.1, 0.15) is 0 Å². The Morgan fingerprint density at radius 3 is 2.19 bits per heavy atom. The Morgan fingerprint density at radius 1 is 1.13 bits per heavy atom. The summed E-state index contributed by atoms with van der Waals surface area (Å²) in [7, 11) is -3.37. The predicted molar refractivity (Wildman–Crippen MR) is 113 cm³/mol. The maximum absolute atomic E-state index is 12.8. The number of sulfonamides is 1. The molecule has 1 amide bonds. The molecule has 0 spiro atoms. The minimum Gasteiger partial charge on any atom is -0.349 e. The standard InChI is InChI=1S/C22H25F3N2O3S/c1-4-19(14-5-11-17(12-6-14)27-31(3,29)30)26-20(28)18-13-21(18,2)15-7-9-16(10-8-15)22(23,24)25/h5-12,18-19,27H,4,13H2,1-3H3,(H,26,28)/t18-,19?,21+/m0/s1. The average molecular weight is 455 g/mol. The van der Waals surface area contributed by atoms with Gasteiger partial charge >= 0.3 is 6.18 Å². The van der Waals surface area contributed by atoms with Crippen molar-refractivity contribution in [3.05, 3.63) is 65.2 Å². The molecule has 2 aromatic rings. The molecule has 9 heteroatoms. The number of hydrogen-bond donors (Lipinski definition) is 2. The first kappa shape index (κ1) is 23.1. The van der Waals surface area contributed by atoms with E-state index in [2.05, 4.69) is 10.0 Å². The molecular formula is C22H25F3N2O3S. The summed E-state index contributed by atoms with van der Waals surface area (Å²) >= 11 is 0. The second-order valence-electron chi connectivity index (χ2n) is 8.21. The molecule has 0 aliphatic heterocycles. The number of alkyl halides is 3. The summed E-state index contributed by atoms with van der Waals surface area (Å²) in [6.07, 6.45) is -2.12. The predicted octanol–water partition coefficient (Wildman–Crippen LogP) is 4.62. The number of nitrogens with one attached hydrogen (secondary N) is 2. The Labute approximate surface area is 180 Å². The van der Waals surface area contributed by atoms with Crippen LogP contribution in [0.15, 0.2) is 48.5 Å². The number of hydrogen-bond acceptors (Lipinski definition) is 3. The Bertz CT molecular complexity index is 1050. The van der Waals surface area contributed by atoms with Gasteiger partial charge in [-0.15, -0.1) is 0 Å². The fraction of sp³-hybridized carbons (Fsp3) is 0.409. The van der Waals surface area contributed by atoms with Crippen molar-refractivity contribution in [2.75, 3.05) is 11.0 Å². The van der Waals surface area contributed by atoms with E-state index in [4.69, 9.17) is 0 Å². The fourth-order valence-electron chi connectivity index (χ4n) is 3.80. The number of anilines is 1. The molecule has 2 N–H and O–H groups in total. The van der Waals surface area contributed by atoms with Crippen molar-refractivity contribution >= 4 is 21.6 Å². The third-order valence-corrected chi connectivity index (χ3v) is 6.37. The van der Waals surface area contributed by atoms with Crippen molar-refractivity contribution in [2.45, 2.75) is 44.3 Å². The lowest BCUT2D eigenvalue weighted by Gasteiger charge is -2.19. The quantitative estimate of drug-likeness (QED) is 0.641. The van der Waals surface area contributed by atoms with Gasteiger partial charge in [-0.3, -0.25) is 9.52 Å². The molecule has 1 saturated carbocycles. The second kappa shape index (κ2) is 8.18. The van der Waals surface area contributed by atoms with Crippen molar-refractivity contribution in [3.63, 3.8) is 0 Å². The molecule has 31 heavy (non-hydrogen) atoms. The van der Waals surface area contributed by atoms with Crippen LogP contribution in [0, 0.1) is 5.92 Å². The third kappa shape index (κ3) is 5.39. The smallest absolute Gasteiger partial charge is 0.349 e. The molecule has 3 rings (SSSR count). The molecule has 0 bridgehead atoms. The molecule has 168 valence electrons. The summed E-state index contributed by atoms with van der Waals surface area (Å²) in [5.74, 6) is -0.461. The van der Waals surface area contributed by atoms with Gasteiger partial charge in [-0.25, -0.2) is 8.42 Å². The largest absolute Gasteiger partial charge is 0.416 e. The molecule has 0 saturated heterocycles. The van der Waals surface area contributed by atoms with E-state index < -0.39 is 27.2 Å². The first-order valence-electron chi connectivity index (χ1n) is 9.89. The minimum atomic E-state index is -4.39. The summed E-state index contributed by atoms with van der Waals surface area (Å²) in [5, 5.41) is 3.02. The summed E-state index contributed by atoms with van der Waals surface area (Å²) in [5.41, 5.74) is 0.790. The summed E-state index contributed by atoms with van der Waals surface area (Å²) < 4.78 is 63.4. The second-order valence-corrected chi connectivity index (χ2v) is 9.96. The third-order valence-electron chi connectivity index (χ3n) is 5.77. The number of benzene rings is 2. The first-order chi connectivity index (χ1) is 14.3. The summed E-state index contributed by atoms with van der Waals surface area (Å²) in [4.78, 5) is 12.8. The van der Waals surface area contributed by atoms with Crippen molar-refractivity contribution in [3.8, 4) is 0 Å². The van der Waals surface area contributed by atoms with Gasteiger partial charge in [-0.2, -0.15) is 13.2 Å². The highest BCUT2D eigenvalue weighted by atomic mass is 32.2. The van der Waals surface area contributed by atoms with Gasteiger partial charge in [-0.1, -0.05) is 38.1 Å². The molecular weight excluding hydrogens is 429 g/mol. The lowest BCUT2D eigenvalue weighted by Crippen LogP contribution is -2.31. The van der Waals surface area contributed by atoms with Crippen LogP contribution in [0.5, 0.6) is 0 Å². The lowest BCUT2D eigenvalue weighted by atomic mass is 9.94. The highest BCUT2D eigenvalue weighted by Crippen LogP contribution is 2.54. The van der Waals surface area contributed by atoms with Gasteiger partial charge in [0, 0.05) is 17.0 Å². The zero-order valence-corrected chi connectivity index (χ0v) is 18.3.